The van der Waals surface area contributed by atoms with Crippen LogP contribution in [0.3, 0.4) is 0 Å². The third-order valence-electron chi connectivity index (χ3n) is 3.23. The molecule has 0 bridgehead atoms. The van der Waals surface area contributed by atoms with E-state index in [0.717, 1.165) is 28.3 Å². The molecule has 2 aromatic rings. The zero-order valence-electron chi connectivity index (χ0n) is 12.6. The van der Waals surface area contributed by atoms with Gasteiger partial charge in [-0.25, -0.2) is 0 Å². The lowest BCUT2D eigenvalue weighted by atomic mass is 10.1. The van der Waals surface area contributed by atoms with Crippen LogP contribution in [0.4, 0.5) is 0 Å². The van der Waals surface area contributed by atoms with Gasteiger partial charge in [0.05, 0.1) is 17.4 Å². The molecule has 0 spiro atoms. The zero-order valence-corrected chi connectivity index (χ0v) is 14.2. The quantitative estimate of drug-likeness (QED) is 0.831. The molecule has 0 aliphatic carbocycles. The molecule has 0 heterocycles. The van der Waals surface area contributed by atoms with Gasteiger partial charge in [-0.1, -0.05) is 35.9 Å². The number of nitrogens with zero attached hydrogens (tertiary/aromatic N) is 1. The van der Waals surface area contributed by atoms with Crippen molar-refractivity contribution in [1.82, 2.24) is 5.32 Å². The number of hydrogen-bond donors (Lipinski definition) is 1. The molecule has 5 heteroatoms. The predicted octanol–water partition coefficient (Wildman–Crippen LogP) is 3.80. The Bertz CT molecular complexity index is 678. The van der Waals surface area contributed by atoms with Crippen molar-refractivity contribution in [2.75, 3.05) is 12.3 Å². The highest BCUT2D eigenvalue weighted by Gasteiger charge is 2.02. The fourth-order valence-electron chi connectivity index (χ4n) is 1.99. The average molecular weight is 345 g/mol. The molecule has 0 radical (unpaired) electrons. The Hall–Kier alpha value is -1.96. The maximum Gasteiger partial charge on any atom is 0.230 e. The molecule has 1 N–H and O–H groups in total. The smallest absolute Gasteiger partial charge is 0.230 e. The van der Waals surface area contributed by atoms with Crippen LogP contribution in [0.15, 0.2) is 48.5 Å². The Kier molecular flexibility index (Phi) is 6.99. The van der Waals surface area contributed by atoms with Gasteiger partial charge < -0.3 is 5.32 Å². The van der Waals surface area contributed by atoms with Gasteiger partial charge in [0.1, 0.15) is 0 Å². The van der Waals surface area contributed by atoms with Crippen molar-refractivity contribution in [2.45, 2.75) is 12.2 Å². The molecule has 0 aliphatic heterocycles. The predicted molar refractivity (Wildman–Crippen MR) is 95.5 cm³/mol. The summed E-state index contributed by atoms with van der Waals surface area (Å²) in [5.41, 5.74) is 2.92. The van der Waals surface area contributed by atoms with Gasteiger partial charge in [-0.05, 0) is 41.8 Å². The first-order valence-electron chi connectivity index (χ1n) is 7.25. The van der Waals surface area contributed by atoms with Crippen molar-refractivity contribution in [3.63, 3.8) is 0 Å². The third kappa shape index (κ3) is 6.35. The second-order valence-corrected chi connectivity index (χ2v) is 6.45. The molecule has 3 nitrogen and oxygen atoms in total. The molecule has 0 atom stereocenters. The normalized spacial score (nSPS) is 10.1. The topological polar surface area (TPSA) is 52.9 Å². The van der Waals surface area contributed by atoms with Gasteiger partial charge >= 0.3 is 0 Å². The number of rotatable bonds is 7. The Morgan fingerprint density at radius 2 is 1.74 bits per heavy atom. The summed E-state index contributed by atoms with van der Waals surface area (Å²) in [5.74, 6) is 1.23. The van der Waals surface area contributed by atoms with Crippen LogP contribution in [0.5, 0.6) is 0 Å². The Labute approximate surface area is 145 Å². The monoisotopic (exact) mass is 344 g/mol. The van der Waals surface area contributed by atoms with E-state index in [2.05, 4.69) is 11.4 Å². The van der Waals surface area contributed by atoms with Crippen molar-refractivity contribution < 1.29 is 4.79 Å². The van der Waals surface area contributed by atoms with Crippen molar-refractivity contribution in [1.29, 1.82) is 5.26 Å². The number of halogens is 1. The first kappa shape index (κ1) is 17.4. The van der Waals surface area contributed by atoms with E-state index in [1.165, 1.54) is 0 Å². The largest absolute Gasteiger partial charge is 0.355 e. The second kappa shape index (κ2) is 9.24. The van der Waals surface area contributed by atoms with Crippen LogP contribution < -0.4 is 5.32 Å². The third-order valence-corrected chi connectivity index (χ3v) is 4.49. The first-order chi connectivity index (χ1) is 11.2. The summed E-state index contributed by atoms with van der Waals surface area (Å²) in [4.78, 5) is 11.8. The Balaban J connectivity index is 1.63. The van der Waals surface area contributed by atoms with E-state index in [-0.39, 0.29) is 5.91 Å². The number of nitriles is 1. The number of amides is 1. The van der Waals surface area contributed by atoms with Crippen molar-refractivity contribution in [3.05, 3.63) is 70.2 Å². The van der Waals surface area contributed by atoms with Crippen LogP contribution >= 0.6 is 23.4 Å². The second-order valence-electron chi connectivity index (χ2n) is 5.03. The lowest BCUT2D eigenvalue weighted by Crippen LogP contribution is -2.27. The van der Waals surface area contributed by atoms with Crippen molar-refractivity contribution in [3.8, 4) is 6.07 Å². The minimum Gasteiger partial charge on any atom is -0.355 e. The zero-order chi connectivity index (χ0) is 16.5. The SMILES string of the molecule is N#Cc1ccc(CSCC(=O)NCCc2ccc(Cl)cc2)cc1. The fraction of sp³-hybridized carbons (Fsp3) is 0.222. The van der Waals surface area contributed by atoms with Crippen LogP contribution in [0.2, 0.25) is 5.02 Å². The fourth-order valence-corrected chi connectivity index (χ4v) is 2.93. The van der Waals surface area contributed by atoms with E-state index in [1.54, 1.807) is 23.9 Å². The summed E-state index contributed by atoms with van der Waals surface area (Å²) in [6.45, 7) is 0.623. The van der Waals surface area contributed by atoms with Crippen molar-refractivity contribution >= 4 is 29.3 Å². The molecule has 0 saturated heterocycles. The molecule has 0 fully saturated rings. The summed E-state index contributed by atoms with van der Waals surface area (Å²) in [6, 6.07) is 17.2. The summed E-state index contributed by atoms with van der Waals surface area (Å²) < 4.78 is 0. The van der Waals surface area contributed by atoms with Gasteiger partial charge in [0.2, 0.25) is 5.91 Å². The summed E-state index contributed by atoms with van der Waals surface area (Å²) in [6.07, 6.45) is 0.795. The lowest BCUT2D eigenvalue weighted by Gasteiger charge is -2.06. The van der Waals surface area contributed by atoms with E-state index >= 15 is 0 Å². The number of nitrogens with one attached hydrogen (secondary N) is 1. The van der Waals surface area contributed by atoms with Crippen LogP contribution in [0.25, 0.3) is 0 Å². The molecule has 0 aliphatic rings. The molecule has 118 valence electrons. The molecular weight excluding hydrogens is 328 g/mol. The highest BCUT2D eigenvalue weighted by atomic mass is 35.5. The van der Waals surface area contributed by atoms with E-state index < -0.39 is 0 Å². The standard InChI is InChI=1S/C18H17ClN2OS/c19-17-7-5-14(6-8-17)9-10-21-18(22)13-23-12-16-3-1-15(11-20)2-4-16/h1-8H,9-10,12-13H2,(H,21,22). The van der Waals surface area contributed by atoms with Crippen molar-refractivity contribution in [2.24, 2.45) is 0 Å². The summed E-state index contributed by atoms with van der Waals surface area (Å²) in [7, 11) is 0. The number of carbonyl (C=O) groups excluding carboxylic acids is 1. The molecule has 0 unspecified atom stereocenters. The number of benzene rings is 2. The molecule has 2 aromatic carbocycles. The van der Waals surface area contributed by atoms with Crippen LogP contribution in [-0.4, -0.2) is 18.2 Å². The van der Waals surface area contributed by atoms with Crippen LogP contribution in [0.1, 0.15) is 16.7 Å². The maximum absolute atomic E-state index is 11.8. The number of carbonyl (C=O) groups is 1. The van der Waals surface area contributed by atoms with E-state index in [1.807, 2.05) is 36.4 Å². The molecule has 1 amide bonds. The lowest BCUT2D eigenvalue weighted by molar-refractivity contribution is -0.118. The van der Waals surface area contributed by atoms with Gasteiger partial charge in [0.15, 0.2) is 0 Å². The molecular formula is C18H17ClN2OS. The van der Waals surface area contributed by atoms with Gasteiger partial charge in [-0.3, -0.25) is 4.79 Å². The highest BCUT2D eigenvalue weighted by molar-refractivity contribution is 7.99. The van der Waals surface area contributed by atoms with E-state index in [0.29, 0.717) is 17.9 Å². The summed E-state index contributed by atoms with van der Waals surface area (Å²) >= 11 is 7.40. The highest BCUT2D eigenvalue weighted by Crippen LogP contribution is 2.13. The van der Waals surface area contributed by atoms with Crippen LogP contribution in [0, 0.1) is 11.3 Å². The maximum atomic E-state index is 11.8. The first-order valence-corrected chi connectivity index (χ1v) is 8.78. The van der Waals surface area contributed by atoms with Gasteiger partial charge in [0.25, 0.3) is 0 Å². The molecule has 2 rings (SSSR count). The van der Waals surface area contributed by atoms with Gasteiger partial charge in [-0.2, -0.15) is 5.26 Å². The van der Waals surface area contributed by atoms with Crippen LogP contribution in [-0.2, 0) is 17.0 Å². The van der Waals surface area contributed by atoms with Gasteiger partial charge in [0, 0.05) is 17.3 Å². The Morgan fingerprint density at radius 3 is 2.39 bits per heavy atom. The van der Waals surface area contributed by atoms with Gasteiger partial charge in [-0.15, -0.1) is 11.8 Å². The Morgan fingerprint density at radius 1 is 1.09 bits per heavy atom. The number of hydrogen-bond acceptors (Lipinski definition) is 3. The molecule has 23 heavy (non-hydrogen) atoms. The molecule has 0 saturated carbocycles. The van der Waals surface area contributed by atoms with E-state index in [9.17, 15) is 4.79 Å². The molecule has 0 aromatic heterocycles. The van der Waals surface area contributed by atoms with E-state index in [4.69, 9.17) is 16.9 Å². The number of thioether (sulfide) groups is 1. The minimum absolute atomic E-state index is 0.0395. The summed E-state index contributed by atoms with van der Waals surface area (Å²) in [5, 5.41) is 12.4. The average Bonchev–Trinajstić information content (AvgIpc) is 2.57. The minimum atomic E-state index is 0.0395.